The van der Waals surface area contributed by atoms with E-state index < -0.39 is 10.0 Å². The Labute approximate surface area is 177 Å². The molecule has 0 bridgehead atoms. The third-order valence-electron chi connectivity index (χ3n) is 5.77. The van der Waals surface area contributed by atoms with Crippen LogP contribution in [0.4, 0.5) is 0 Å². The van der Waals surface area contributed by atoms with Crippen molar-refractivity contribution in [1.82, 2.24) is 9.21 Å². The number of hydrogen-bond donors (Lipinski definition) is 0. The van der Waals surface area contributed by atoms with Crippen LogP contribution < -0.4 is 9.47 Å². The van der Waals surface area contributed by atoms with Crippen LogP contribution in [-0.2, 0) is 21.2 Å². The van der Waals surface area contributed by atoms with Gasteiger partial charge in [0.15, 0.2) is 11.5 Å². The van der Waals surface area contributed by atoms with Crippen LogP contribution in [0.3, 0.4) is 0 Å². The number of benzene rings is 2. The molecule has 7 nitrogen and oxygen atoms in total. The van der Waals surface area contributed by atoms with Crippen LogP contribution in [0.15, 0.2) is 41.3 Å². The summed E-state index contributed by atoms with van der Waals surface area (Å²) >= 11 is 0. The van der Waals surface area contributed by atoms with E-state index in [1.165, 1.54) is 4.31 Å². The van der Waals surface area contributed by atoms with Gasteiger partial charge in [0, 0.05) is 32.6 Å². The molecule has 0 atom stereocenters. The van der Waals surface area contributed by atoms with Crippen molar-refractivity contribution in [3.8, 4) is 11.5 Å². The molecule has 2 aliphatic rings. The molecule has 1 amide bonds. The second-order valence-corrected chi connectivity index (χ2v) is 9.66. The highest BCUT2D eigenvalue weighted by molar-refractivity contribution is 7.89. The molecule has 2 aromatic carbocycles. The van der Waals surface area contributed by atoms with Crippen LogP contribution in [0.25, 0.3) is 0 Å². The Morgan fingerprint density at radius 2 is 1.67 bits per heavy atom. The highest BCUT2D eigenvalue weighted by Crippen LogP contribution is 2.32. The number of sulfonamides is 1. The number of piperazine rings is 1. The molecular weight excluding hydrogens is 404 g/mol. The molecular formula is C22H26N2O5S. The summed E-state index contributed by atoms with van der Waals surface area (Å²) in [6.07, 6.45) is 0.986. The predicted molar refractivity (Wildman–Crippen MR) is 112 cm³/mol. The van der Waals surface area contributed by atoms with E-state index >= 15 is 0 Å². The standard InChI is InChI=1S/C22H26N2O5S/c1-16-3-6-19(13-17(16)2)30(26,27)24-11-9-23(10-12-24)22(25)8-5-18-4-7-20-21(14-18)29-15-28-20/h3-4,6-7,13-14H,5,8-12,15H2,1-2H3. The molecule has 2 heterocycles. The Morgan fingerprint density at radius 3 is 2.40 bits per heavy atom. The highest BCUT2D eigenvalue weighted by Gasteiger charge is 2.30. The maximum atomic E-state index is 12.9. The molecule has 0 aromatic heterocycles. The Bertz CT molecular complexity index is 1060. The summed E-state index contributed by atoms with van der Waals surface area (Å²) in [6.45, 7) is 5.53. The molecule has 1 saturated heterocycles. The Kier molecular flexibility index (Phi) is 5.71. The minimum atomic E-state index is -3.54. The molecule has 30 heavy (non-hydrogen) atoms. The summed E-state index contributed by atoms with van der Waals surface area (Å²) in [7, 11) is -3.54. The van der Waals surface area contributed by atoms with Gasteiger partial charge in [-0.3, -0.25) is 4.79 Å². The fraction of sp³-hybridized carbons (Fsp3) is 0.409. The molecule has 0 radical (unpaired) electrons. The lowest BCUT2D eigenvalue weighted by atomic mass is 10.1. The quantitative estimate of drug-likeness (QED) is 0.729. The van der Waals surface area contributed by atoms with Crippen LogP contribution in [0.5, 0.6) is 11.5 Å². The third-order valence-corrected chi connectivity index (χ3v) is 7.67. The average Bonchev–Trinajstić information content (AvgIpc) is 3.22. The molecule has 8 heteroatoms. The van der Waals surface area contributed by atoms with Gasteiger partial charge in [0.2, 0.25) is 22.7 Å². The highest BCUT2D eigenvalue weighted by atomic mass is 32.2. The van der Waals surface area contributed by atoms with Gasteiger partial charge < -0.3 is 14.4 Å². The lowest BCUT2D eigenvalue weighted by molar-refractivity contribution is -0.132. The molecule has 160 valence electrons. The van der Waals surface area contributed by atoms with E-state index in [2.05, 4.69) is 0 Å². The molecule has 0 N–H and O–H groups in total. The van der Waals surface area contributed by atoms with E-state index in [0.717, 1.165) is 22.4 Å². The third kappa shape index (κ3) is 4.15. The first-order valence-corrected chi connectivity index (χ1v) is 11.5. The first kappa shape index (κ1) is 20.7. The molecule has 2 aromatic rings. The van der Waals surface area contributed by atoms with Gasteiger partial charge in [-0.05, 0) is 61.2 Å². The topological polar surface area (TPSA) is 76.2 Å². The fourth-order valence-electron chi connectivity index (χ4n) is 3.71. The second kappa shape index (κ2) is 8.28. The van der Waals surface area contributed by atoms with Crippen molar-refractivity contribution in [2.24, 2.45) is 0 Å². The van der Waals surface area contributed by atoms with Gasteiger partial charge in [-0.1, -0.05) is 12.1 Å². The van der Waals surface area contributed by atoms with Crippen LogP contribution in [0.1, 0.15) is 23.1 Å². The van der Waals surface area contributed by atoms with Crippen molar-refractivity contribution >= 4 is 15.9 Å². The van der Waals surface area contributed by atoms with E-state index in [1.54, 1.807) is 17.0 Å². The predicted octanol–water partition coefficient (Wildman–Crippen LogP) is 2.50. The van der Waals surface area contributed by atoms with Crippen molar-refractivity contribution in [2.75, 3.05) is 33.0 Å². The van der Waals surface area contributed by atoms with E-state index in [4.69, 9.17) is 9.47 Å². The number of nitrogens with zero attached hydrogens (tertiary/aromatic N) is 2. The Balaban J connectivity index is 1.32. The number of amides is 1. The smallest absolute Gasteiger partial charge is 0.243 e. The maximum absolute atomic E-state index is 12.9. The Morgan fingerprint density at radius 1 is 0.933 bits per heavy atom. The van der Waals surface area contributed by atoms with Gasteiger partial charge in [-0.25, -0.2) is 8.42 Å². The Hall–Kier alpha value is -2.58. The molecule has 0 aliphatic carbocycles. The molecule has 1 fully saturated rings. The molecule has 2 aliphatic heterocycles. The summed E-state index contributed by atoms with van der Waals surface area (Å²) in [5, 5.41) is 0. The van der Waals surface area contributed by atoms with Crippen molar-refractivity contribution in [2.45, 2.75) is 31.6 Å². The van der Waals surface area contributed by atoms with Crippen molar-refractivity contribution < 1.29 is 22.7 Å². The maximum Gasteiger partial charge on any atom is 0.243 e. The van der Waals surface area contributed by atoms with E-state index in [0.29, 0.717) is 49.7 Å². The zero-order valence-corrected chi connectivity index (χ0v) is 18.1. The van der Waals surface area contributed by atoms with E-state index in [-0.39, 0.29) is 12.7 Å². The number of rotatable bonds is 5. The summed E-state index contributed by atoms with van der Waals surface area (Å²) in [6, 6.07) is 10.9. The molecule has 4 rings (SSSR count). The molecule has 0 saturated carbocycles. The summed E-state index contributed by atoms with van der Waals surface area (Å²) in [5.41, 5.74) is 3.03. The number of hydrogen-bond acceptors (Lipinski definition) is 5. The summed E-state index contributed by atoms with van der Waals surface area (Å²) in [4.78, 5) is 14.7. The van der Waals surface area contributed by atoms with Gasteiger partial charge in [-0.15, -0.1) is 0 Å². The number of ether oxygens (including phenoxy) is 2. The second-order valence-electron chi connectivity index (χ2n) is 7.72. The minimum Gasteiger partial charge on any atom is -0.454 e. The van der Waals surface area contributed by atoms with Gasteiger partial charge >= 0.3 is 0 Å². The van der Waals surface area contributed by atoms with Gasteiger partial charge in [-0.2, -0.15) is 4.31 Å². The van der Waals surface area contributed by atoms with E-state index in [1.807, 2.05) is 38.1 Å². The molecule has 0 unspecified atom stereocenters. The summed E-state index contributed by atoms with van der Waals surface area (Å²) in [5.74, 6) is 1.48. The first-order valence-electron chi connectivity index (χ1n) is 10.1. The van der Waals surface area contributed by atoms with Crippen molar-refractivity contribution in [3.05, 3.63) is 53.1 Å². The van der Waals surface area contributed by atoms with Crippen LogP contribution in [-0.4, -0.2) is 56.5 Å². The summed E-state index contributed by atoms with van der Waals surface area (Å²) < 4.78 is 38.0. The number of fused-ring (bicyclic) bond motifs is 1. The zero-order chi connectivity index (χ0) is 21.3. The van der Waals surface area contributed by atoms with Gasteiger partial charge in [0.05, 0.1) is 4.90 Å². The fourth-order valence-corrected chi connectivity index (χ4v) is 5.22. The normalized spacial score (nSPS) is 16.7. The van der Waals surface area contributed by atoms with Crippen molar-refractivity contribution in [1.29, 1.82) is 0 Å². The van der Waals surface area contributed by atoms with E-state index in [9.17, 15) is 13.2 Å². The van der Waals surface area contributed by atoms with Crippen LogP contribution in [0.2, 0.25) is 0 Å². The number of aryl methyl sites for hydroxylation is 3. The lowest BCUT2D eigenvalue weighted by Crippen LogP contribution is -2.50. The first-order chi connectivity index (χ1) is 14.3. The van der Waals surface area contributed by atoms with Crippen LogP contribution in [0, 0.1) is 13.8 Å². The number of carbonyl (C=O) groups excluding carboxylic acids is 1. The largest absolute Gasteiger partial charge is 0.454 e. The average molecular weight is 431 g/mol. The van der Waals surface area contributed by atoms with Gasteiger partial charge in [0.1, 0.15) is 0 Å². The monoisotopic (exact) mass is 430 g/mol. The SMILES string of the molecule is Cc1ccc(S(=O)(=O)N2CCN(C(=O)CCc3ccc4c(c3)OCO4)CC2)cc1C. The minimum absolute atomic E-state index is 0.0379. The van der Waals surface area contributed by atoms with Crippen LogP contribution >= 0.6 is 0 Å². The number of carbonyl (C=O) groups is 1. The zero-order valence-electron chi connectivity index (χ0n) is 17.3. The lowest BCUT2D eigenvalue weighted by Gasteiger charge is -2.34. The van der Waals surface area contributed by atoms with Crippen molar-refractivity contribution in [3.63, 3.8) is 0 Å². The molecule has 0 spiro atoms. The van der Waals surface area contributed by atoms with Gasteiger partial charge in [0.25, 0.3) is 0 Å².